The lowest BCUT2D eigenvalue weighted by atomic mass is 10.0. The Morgan fingerprint density at radius 1 is 0.941 bits per heavy atom. The molecule has 4 heterocycles. The number of pyridine rings is 2. The Labute approximate surface area is 311 Å². The summed E-state index contributed by atoms with van der Waals surface area (Å²) in [5, 5.41) is 9.84. The van der Waals surface area contributed by atoms with Crippen molar-refractivity contribution in [2.75, 3.05) is 49.4 Å². The SMILES string of the molecule is CCN(C)S(=O)(=O)Nc1cccc(C(=O)c2cn(C(=O)c3c(Cl)cccc3Cl)c3ncc(-c4ccc(N5CCN(C(=O)O)CC5)nc4)cc23)c1Br. The number of rotatable bonds is 9. The number of hydrogen-bond donors (Lipinski definition) is 2. The van der Waals surface area contributed by atoms with Gasteiger partial charge in [-0.15, -0.1) is 0 Å². The molecule has 0 spiro atoms. The Morgan fingerprint density at radius 3 is 2.24 bits per heavy atom. The topological polar surface area (TPSA) is 158 Å². The molecule has 1 saturated heterocycles. The summed E-state index contributed by atoms with van der Waals surface area (Å²) in [5.74, 6) is -0.429. The number of benzene rings is 2. The highest BCUT2D eigenvalue weighted by molar-refractivity contribution is 9.10. The Hall–Kier alpha value is -4.54. The van der Waals surface area contributed by atoms with Crippen molar-refractivity contribution in [2.24, 2.45) is 0 Å². The van der Waals surface area contributed by atoms with Gasteiger partial charge in [0.2, 0.25) is 0 Å². The predicted octanol–water partition coefficient (Wildman–Crippen LogP) is 6.50. The van der Waals surface area contributed by atoms with Crippen LogP contribution >= 0.6 is 39.1 Å². The number of anilines is 2. The number of nitrogens with one attached hydrogen (secondary N) is 1. The molecule has 1 aliphatic heterocycles. The molecule has 1 amide bonds. The molecule has 1 fully saturated rings. The molecular weight excluding hydrogens is 785 g/mol. The maximum absolute atomic E-state index is 14.3. The minimum Gasteiger partial charge on any atom is -0.465 e. The minimum atomic E-state index is -3.90. The molecule has 0 unspecified atom stereocenters. The Morgan fingerprint density at radius 2 is 1.61 bits per heavy atom. The van der Waals surface area contributed by atoms with Gasteiger partial charge in [-0.1, -0.05) is 42.3 Å². The zero-order valence-corrected chi connectivity index (χ0v) is 31.1. The summed E-state index contributed by atoms with van der Waals surface area (Å²) in [6.45, 7) is 3.66. The van der Waals surface area contributed by atoms with Gasteiger partial charge in [0, 0.05) is 80.4 Å². The third-order valence-corrected chi connectivity index (χ3v) is 11.6. The van der Waals surface area contributed by atoms with E-state index in [0.717, 1.165) is 4.31 Å². The molecule has 0 aliphatic carbocycles. The number of hydrogen-bond acceptors (Lipinski definition) is 8. The molecule has 264 valence electrons. The molecule has 0 radical (unpaired) electrons. The van der Waals surface area contributed by atoms with Crippen LogP contribution in [0.2, 0.25) is 10.0 Å². The van der Waals surface area contributed by atoms with E-state index in [2.05, 4.69) is 30.6 Å². The van der Waals surface area contributed by atoms with Crippen LogP contribution in [0.1, 0.15) is 33.2 Å². The predicted molar refractivity (Wildman–Crippen MR) is 199 cm³/mol. The van der Waals surface area contributed by atoms with Crippen LogP contribution in [0.4, 0.5) is 16.3 Å². The van der Waals surface area contributed by atoms with Gasteiger partial charge in [0.05, 0.1) is 31.3 Å². The van der Waals surface area contributed by atoms with E-state index in [9.17, 15) is 27.9 Å². The number of ketones is 1. The normalized spacial score (nSPS) is 13.5. The van der Waals surface area contributed by atoms with Crippen LogP contribution in [0.3, 0.4) is 0 Å². The number of carbonyl (C=O) groups excluding carboxylic acids is 2. The molecule has 17 heteroatoms. The maximum Gasteiger partial charge on any atom is 0.407 e. The first kappa shape index (κ1) is 36.3. The molecule has 13 nitrogen and oxygen atoms in total. The van der Waals surface area contributed by atoms with Gasteiger partial charge in [0.1, 0.15) is 11.5 Å². The quantitative estimate of drug-likeness (QED) is 0.159. The van der Waals surface area contributed by atoms with Crippen molar-refractivity contribution < 1.29 is 27.9 Å². The molecule has 6 rings (SSSR count). The summed E-state index contributed by atoms with van der Waals surface area (Å²) in [7, 11) is -2.47. The number of halogens is 3. The number of nitrogens with zero attached hydrogens (tertiary/aromatic N) is 6. The molecule has 2 N–H and O–H groups in total. The fourth-order valence-corrected chi connectivity index (χ4v) is 7.79. The van der Waals surface area contributed by atoms with E-state index >= 15 is 0 Å². The Bertz CT molecular complexity index is 2270. The van der Waals surface area contributed by atoms with Crippen LogP contribution in [-0.2, 0) is 10.2 Å². The van der Waals surface area contributed by atoms with Gasteiger partial charge < -0.3 is 14.9 Å². The highest BCUT2D eigenvalue weighted by Gasteiger charge is 2.27. The zero-order valence-electron chi connectivity index (χ0n) is 27.2. The van der Waals surface area contributed by atoms with Gasteiger partial charge in [0.15, 0.2) is 5.78 Å². The van der Waals surface area contributed by atoms with Crippen LogP contribution in [0.5, 0.6) is 0 Å². The molecular formula is C34H30BrCl2N7O6S. The van der Waals surface area contributed by atoms with Crippen molar-refractivity contribution in [2.45, 2.75) is 6.92 Å². The van der Waals surface area contributed by atoms with Gasteiger partial charge >= 0.3 is 16.3 Å². The molecule has 0 saturated carbocycles. The molecule has 51 heavy (non-hydrogen) atoms. The Kier molecular flexibility index (Phi) is 10.4. The van der Waals surface area contributed by atoms with Crippen LogP contribution in [-0.4, -0.2) is 94.8 Å². The third-order valence-electron chi connectivity index (χ3n) is 8.58. The summed E-state index contributed by atoms with van der Waals surface area (Å²) in [6.07, 6.45) is 3.65. The highest BCUT2D eigenvalue weighted by Crippen LogP contribution is 2.34. The molecule has 3 aromatic heterocycles. The first-order chi connectivity index (χ1) is 24.3. The number of amides is 1. The monoisotopic (exact) mass is 813 g/mol. The summed E-state index contributed by atoms with van der Waals surface area (Å²) in [6, 6.07) is 14.7. The highest BCUT2D eigenvalue weighted by atomic mass is 79.9. The summed E-state index contributed by atoms with van der Waals surface area (Å²) in [4.78, 5) is 52.2. The summed E-state index contributed by atoms with van der Waals surface area (Å²) >= 11 is 16.2. The van der Waals surface area contributed by atoms with E-state index in [-0.39, 0.29) is 49.1 Å². The zero-order chi connectivity index (χ0) is 36.6. The second-order valence-electron chi connectivity index (χ2n) is 11.6. The number of carboxylic acid groups (broad SMARTS) is 1. The van der Waals surface area contributed by atoms with Gasteiger partial charge in [-0.3, -0.25) is 18.9 Å². The van der Waals surface area contributed by atoms with E-state index in [4.69, 9.17) is 23.2 Å². The van der Waals surface area contributed by atoms with Crippen molar-refractivity contribution in [3.63, 3.8) is 0 Å². The van der Waals surface area contributed by atoms with Crippen LogP contribution in [0, 0.1) is 0 Å². The van der Waals surface area contributed by atoms with Crippen molar-refractivity contribution in [3.05, 3.63) is 104 Å². The molecule has 0 atom stereocenters. The second kappa shape index (κ2) is 14.6. The fourth-order valence-electron chi connectivity index (χ4n) is 5.61. The number of carbonyl (C=O) groups is 3. The van der Waals surface area contributed by atoms with Gasteiger partial charge in [-0.25, -0.2) is 14.8 Å². The minimum absolute atomic E-state index is 0.0317. The average Bonchev–Trinajstić information content (AvgIpc) is 3.51. The second-order valence-corrected chi connectivity index (χ2v) is 15.0. The summed E-state index contributed by atoms with van der Waals surface area (Å²) in [5.41, 5.74) is 1.89. The van der Waals surface area contributed by atoms with Crippen molar-refractivity contribution >= 4 is 89.7 Å². The smallest absolute Gasteiger partial charge is 0.407 e. The fraction of sp³-hybridized carbons (Fsp3) is 0.206. The molecule has 0 bridgehead atoms. The van der Waals surface area contributed by atoms with Crippen LogP contribution < -0.4 is 9.62 Å². The van der Waals surface area contributed by atoms with E-state index in [1.54, 1.807) is 43.6 Å². The van der Waals surface area contributed by atoms with Gasteiger partial charge in [0.25, 0.3) is 5.91 Å². The van der Waals surface area contributed by atoms with E-state index in [0.29, 0.717) is 48.5 Å². The number of aromatic nitrogens is 3. The van der Waals surface area contributed by atoms with Crippen LogP contribution in [0.15, 0.2) is 77.7 Å². The average molecular weight is 816 g/mol. The molecule has 1 aliphatic rings. The Balaban J connectivity index is 1.42. The van der Waals surface area contributed by atoms with Crippen molar-refractivity contribution in [1.82, 2.24) is 23.7 Å². The van der Waals surface area contributed by atoms with Crippen LogP contribution in [0.25, 0.3) is 22.2 Å². The molecule has 2 aromatic carbocycles. The number of piperazine rings is 1. The van der Waals surface area contributed by atoms with E-state index in [1.165, 1.54) is 40.9 Å². The standard InChI is InChI=1S/C34H30BrCl2N7O6S/c1-3-41(2)51(49,50)40-27-9-4-6-22(30(27)35)31(45)24-19-44(33(46)29-25(36)7-5-8-26(29)37)32-23(24)16-21(18-39-32)20-10-11-28(38-17-20)42-12-14-43(15-13-42)34(47)48/h4-11,16-19,40H,3,12-15H2,1-2H3,(H,47,48). The van der Waals surface area contributed by atoms with Crippen molar-refractivity contribution in [3.8, 4) is 11.1 Å². The number of fused-ring (bicyclic) bond motifs is 1. The lowest BCUT2D eigenvalue weighted by Crippen LogP contribution is -2.48. The van der Waals surface area contributed by atoms with E-state index in [1.807, 2.05) is 17.0 Å². The largest absolute Gasteiger partial charge is 0.465 e. The maximum atomic E-state index is 14.3. The van der Waals surface area contributed by atoms with Gasteiger partial charge in [-0.05, 0) is 58.4 Å². The third kappa shape index (κ3) is 7.17. The van der Waals surface area contributed by atoms with E-state index < -0.39 is 28.0 Å². The lowest BCUT2D eigenvalue weighted by Gasteiger charge is -2.33. The van der Waals surface area contributed by atoms with Crippen molar-refractivity contribution in [1.29, 1.82) is 0 Å². The first-order valence-electron chi connectivity index (χ1n) is 15.6. The first-order valence-corrected chi connectivity index (χ1v) is 18.6. The molecule has 5 aromatic rings. The summed E-state index contributed by atoms with van der Waals surface area (Å²) < 4.78 is 30.7. The lowest BCUT2D eigenvalue weighted by molar-refractivity contribution is 0.0964. The van der Waals surface area contributed by atoms with Gasteiger partial charge in [-0.2, -0.15) is 12.7 Å².